The van der Waals surface area contributed by atoms with Crippen LogP contribution in [0.1, 0.15) is 27.7 Å². The van der Waals surface area contributed by atoms with Crippen LogP contribution < -0.4 is 14.8 Å². The Morgan fingerprint density at radius 2 is 1.85 bits per heavy atom. The highest BCUT2D eigenvalue weighted by Gasteiger charge is 2.15. The number of amides is 1. The Kier molecular flexibility index (Phi) is 6.15. The Hall–Kier alpha value is -1.91. The fourth-order valence-corrected chi connectivity index (χ4v) is 1.46. The minimum Gasteiger partial charge on any atom is -0.494 e. The van der Waals surface area contributed by atoms with Crippen LogP contribution in [-0.2, 0) is 4.74 Å². The summed E-state index contributed by atoms with van der Waals surface area (Å²) in [5, 5.41) is 2.63. The van der Waals surface area contributed by atoms with Crippen molar-refractivity contribution in [1.29, 1.82) is 0 Å². The number of alkyl carbamates (subject to hydrolysis) is 1. The third-order valence-electron chi connectivity index (χ3n) is 2.16. The van der Waals surface area contributed by atoms with Crippen LogP contribution in [0.25, 0.3) is 0 Å². The van der Waals surface area contributed by atoms with Crippen molar-refractivity contribution in [2.45, 2.75) is 33.3 Å². The van der Waals surface area contributed by atoms with Crippen LogP contribution in [0.2, 0.25) is 0 Å². The van der Waals surface area contributed by atoms with Crippen molar-refractivity contribution >= 4 is 6.09 Å². The van der Waals surface area contributed by atoms with Gasteiger partial charge in [-0.3, -0.25) is 0 Å². The Balaban J connectivity index is 2.27. The van der Waals surface area contributed by atoms with E-state index >= 15 is 0 Å². The number of carbonyl (C=O) groups excluding carboxylic acids is 1. The second kappa shape index (κ2) is 7.62. The predicted molar refractivity (Wildman–Crippen MR) is 77.3 cm³/mol. The molecule has 112 valence electrons. The van der Waals surface area contributed by atoms with E-state index < -0.39 is 11.7 Å². The molecule has 0 aliphatic heterocycles. The number of carbonyl (C=O) groups is 1. The number of nitrogens with one attached hydrogen (secondary N) is 1. The third-order valence-corrected chi connectivity index (χ3v) is 2.16. The molecule has 5 heteroatoms. The van der Waals surface area contributed by atoms with Gasteiger partial charge in [0.1, 0.15) is 23.7 Å². The van der Waals surface area contributed by atoms with Crippen molar-refractivity contribution in [2.75, 3.05) is 19.8 Å². The highest BCUT2D eigenvalue weighted by Crippen LogP contribution is 2.19. The smallest absolute Gasteiger partial charge is 0.407 e. The Bertz CT molecular complexity index is 426. The lowest BCUT2D eigenvalue weighted by Crippen LogP contribution is -2.34. The van der Waals surface area contributed by atoms with Gasteiger partial charge in [-0.15, -0.1) is 0 Å². The molecule has 1 amide bonds. The van der Waals surface area contributed by atoms with Crippen LogP contribution in [0.15, 0.2) is 24.3 Å². The second-order valence-corrected chi connectivity index (χ2v) is 5.19. The van der Waals surface area contributed by atoms with Crippen molar-refractivity contribution in [3.8, 4) is 11.5 Å². The Morgan fingerprint density at radius 1 is 1.20 bits per heavy atom. The SMILES string of the molecule is CCOc1cccc(OCCNC(=O)OC(C)(C)C)c1. The summed E-state index contributed by atoms with van der Waals surface area (Å²) >= 11 is 0. The highest BCUT2D eigenvalue weighted by atomic mass is 16.6. The third kappa shape index (κ3) is 6.87. The molecule has 0 heterocycles. The van der Waals surface area contributed by atoms with Crippen molar-refractivity contribution in [1.82, 2.24) is 5.32 Å². The number of benzene rings is 1. The molecule has 1 rings (SSSR count). The van der Waals surface area contributed by atoms with Gasteiger partial charge in [0.05, 0.1) is 13.2 Å². The molecule has 0 aromatic heterocycles. The molecule has 0 spiro atoms. The first-order valence-electron chi connectivity index (χ1n) is 6.73. The molecule has 0 saturated heterocycles. The molecule has 0 fully saturated rings. The van der Waals surface area contributed by atoms with Crippen LogP contribution in [0, 0.1) is 0 Å². The number of hydrogen-bond donors (Lipinski definition) is 1. The molecule has 0 radical (unpaired) electrons. The van der Waals surface area contributed by atoms with E-state index in [1.54, 1.807) is 0 Å². The highest BCUT2D eigenvalue weighted by molar-refractivity contribution is 5.67. The predicted octanol–water partition coefficient (Wildman–Crippen LogP) is 2.99. The van der Waals surface area contributed by atoms with E-state index in [2.05, 4.69) is 5.32 Å². The van der Waals surface area contributed by atoms with E-state index in [1.165, 1.54) is 0 Å². The van der Waals surface area contributed by atoms with Gasteiger partial charge in [-0.1, -0.05) is 6.07 Å². The normalized spacial score (nSPS) is 10.8. The molecule has 1 aromatic carbocycles. The largest absolute Gasteiger partial charge is 0.494 e. The summed E-state index contributed by atoms with van der Waals surface area (Å²) in [6.45, 7) is 8.76. The van der Waals surface area contributed by atoms with Gasteiger partial charge in [0.2, 0.25) is 0 Å². The summed E-state index contributed by atoms with van der Waals surface area (Å²) in [4.78, 5) is 11.4. The van der Waals surface area contributed by atoms with Gasteiger partial charge >= 0.3 is 6.09 Å². The van der Waals surface area contributed by atoms with Gasteiger partial charge in [-0.05, 0) is 39.8 Å². The topological polar surface area (TPSA) is 56.8 Å². The van der Waals surface area contributed by atoms with Gasteiger partial charge < -0.3 is 19.5 Å². The van der Waals surface area contributed by atoms with E-state index in [1.807, 2.05) is 52.0 Å². The molecular formula is C15H23NO4. The number of ether oxygens (including phenoxy) is 3. The molecule has 0 bridgehead atoms. The molecule has 0 unspecified atom stereocenters. The first kappa shape index (κ1) is 16.1. The molecule has 5 nitrogen and oxygen atoms in total. The summed E-state index contributed by atoms with van der Waals surface area (Å²) in [6, 6.07) is 7.39. The zero-order valence-corrected chi connectivity index (χ0v) is 12.6. The maximum Gasteiger partial charge on any atom is 0.407 e. The summed E-state index contributed by atoms with van der Waals surface area (Å²) in [7, 11) is 0. The summed E-state index contributed by atoms with van der Waals surface area (Å²) in [5.74, 6) is 1.48. The molecule has 20 heavy (non-hydrogen) atoms. The zero-order chi connectivity index (χ0) is 15.0. The van der Waals surface area contributed by atoms with E-state index in [4.69, 9.17) is 14.2 Å². The second-order valence-electron chi connectivity index (χ2n) is 5.19. The fraction of sp³-hybridized carbons (Fsp3) is 0.533. The first-order valence-corrected chi connectivity index (χ1v) is 6.73. The van der Waals surface area contributed by atoms with E-state index in [0.717, 1.165) is 5.75 Å². The van der Waals surface area contributed by atoms with Gasteiger partial charge in [0.15, 0.2) is 0 Å². The maximum absolute atomic E-state index is 11.4. The van der Waals surface area contributed by atoms with Crippen molar-refractivity contribution in [2.24, 2.45) is 0 Å². The average Bonchev–Trinajstić information content (AvgIpc) is 2.33. The molecule has 0 aliphatic carbocycles. The number of rotatable bonds is 6. The maximum atomic E-state index is 11.4. The minimum absolute atomic E-state index is 0.370. The molecule has 0 atom stereocenters. The van der Waals surface area contributed by atoms with Gasteiger partial charge in [-0.2, -0.15) is 0 Å². The molecular weight excluding hydrogens is 258 g/mol. The van der Waals surface area contributed by atoms with Gasteiger partial charge in [0.25, 0.3) is 0 Å². The fourth-order valence-electron chi connectivity index (χ4n) is 1.46. The zero-order valence-electron chi connectivity index (χ0n) is 12.6. The van der Waals surface area contributed by atoms with Crippen molar-refractivity contribution in [3.05, 3.63) is 24.3 Å². The summed E-state index contributed by atoms with van der Waals surface area (Å²) in [5.41, 5.74) is -0.489. The lowest BCUT2D eigenvalue weighted by Gasteiger charge is -2.19. The van der Waals surface area contributed by atoms with Crippen LogP contribution in [0.5, 0.6) is 11.5 Å². The van der Waals surface area contributed by atoms with Crippen molar-refractivity contribution < 1.29 is 19.0 Å². The molecule has 0 saturated carbocycles. The van der Waals surface area contributed by atoms with E-state index in [-0.39, 0.29) is 0 Å². The average molecular weight is 281 g/mol. The quantitative estimate of drug-likeness (QED) is 0.814. The minimum atomic E-state index is -0.489. The van der Waals surface area contributed by atoms with E-state index in [0.29, 0.717) is 25.5 Å². The first-order chi connectivity index (χ1) is 9.40. The molecule has 1 N–H and O–H groups in total. The lowest BCUT2D eigenvalue weighted by molar-refractivity contribution is 0.0520. The lowest BCUT2D eigenvalue weighted by atomic mass is 10.2. The van der Waals surface area contributed by atoms with Gasteiger partial charge in [0, 0.05) is 6.07 Å². The molecule has 0 aliphatic rings. The van der Waals surface area contributed by atoms with Crippen LogP contribution in [0.3, 0.4) is 0 Å². The summed E-state index contributed by atoms with van der Waals surface area (Å²) < 4.78 is 16.0. The van der Waals surface area contributed by atoms with Crippen LogP contribution in [-0.4, -0.2) is 31.5 Å². The van der Waals surface area contributed by atoms with Crippen LogP contribution >= 0.6 is 0 Å². The monoisotopic (exact) mass is 281 g/mol. The Morgan fingerprint density at radius 3 is 2.45 bits per heavy atom. The number of hydrogen-bond acceptors (Lipinski definition) is 4. The van der Waals surface area contributed by atoms with Gasteiger partial charge in [-0.25, -0.2) is 4.79 Å². The standard InChI is InChI=1S/C15H23NO4/c1-5-18-12-7-6-8-13(11-12)19-10-9-16-14(17)20-15(2,3)4/h6-8,11H,5,9-10H2,1-4H3,(H,16,17). The Labute approximate surface area is 120 Å². The van der Waals surface area contributed by atoms with Crippen molar-refractivity contribution in [3.63, 3.8) is 0 Å². The summed E-state index contributed by atoms with van der Waals surface area (Å²) in [6.07, 6.45) is -0.441. The van der Waals surface area contributed by atoms with Crippen LogP contribution in [0.4, 0.5) is 4.79 Å². The van der Waals surface area contributed by atoms with E-state index in [9.17, 15) is 4.79 Å². The molecule has 1 aromatic rings.